The van der Waals surface area contributed by atoms with Gasteiger partial charge in [-0.05, 0) is 31.0 Å². The van der Waals surface area contributed by atoms with E-state index in [1.807, 2.05) is 12.1 Å². The Morgan fingerprint density at radius 1 is 1.24 bits per heavy atom. The SMILES string of the molecule is O=C(Nc1cc(Cl)ccc1N1CCCC1)c1cnccn1. The van der Waals surface area contributed by atoms with Gasteiger partial charge in [-0.2, -0.15) is 0 Å². The van der Waals surface area contributed by atoms with E-state index >= 15 is 0 Å². The quantitative estimate of drug-likeness (QED) is 0.947. The first-order chi connectivity index (χ1) is 10.2. The van der Waals surface area contributed by atoms with E-state index in [0.717, 1.165) is 18.8 Å². The molecule has 21 heavy (non-hydrogen) atoms. The topological polar surface area (TPSA) is 58.1 Å². The van der Waals surface area contributed by atoms with Crippen LogP contribution in [0.25, 0.3) is 0 Å². The lowest BCUT2D eigenvalue weighted by Gasteiger charge is -2.21. The number of hydrogen-bond donors (Lipinski definition) is 1. The molecule has 1 amide bonds. The molecular formula is C15H15ClN4O. The van der Waals surface area contributed by atoms with Gasteiger partial charge in [-0.1, -0.05) is 11.6 Å². The fourth-order valence-electron chi connectivity index (χ4n) is 2.44. The normalized spacial score (nSPS) is 14.2. The van der Waals surface area contributed by atoms with E-state index in [0.29, 0.717) is 10.7 Å². The van der Waals surface area contributed by atoms with Gasteiger partial charge in [0.1, 0.15) is 5.69 Å². The summed E-state index contributed by atoms with van der Waals surface area (Å²) in [5, 5.41) is 3.47. The maximum Gasteiger partial charge on any atom is 0.275 e. The summed E-state index contributed by atoms with van der Waals surface area (Å²) in [5.41, 5.74) is 1.99. The molecule has 1 aromatic heterocycles. The van der Waals surface area contributed by atoms with Crippen LogP contribution in [0.1, 0.15) is 23.3 Å². The number of rotatable bonds is 3. The number of hydrogen-bond acceptors (Lipinski definition) is 4. The highest BCUT2D eigenvalue weighted by Gasteiger charge is 2.18. The van der Waals surface area contributed by atoms with Gasteiger partial charge in [0, 0.05) is 30.5 Å². The highest BCUT2D eigenvalue weighted by atomic mass is 35.5. The Morgan fingerprint density at radius 2 is 2.05 bits per heavy atom. The van der Waals surface area contributed by atoms with Gasteiger partial charge in [-0.3, -0.25) is 9.78 Å². The zero-order valence-corrected chi connectivity index (χ0v) is 12.2. The van der Waals surface area contributed by atoms with E-state index in [2.05, 4.69) is 20.2 Å². The number of anilines is 2. The third-order valence-corrected chi connectivity index (χ3v) is 3.68. The average Bonchev–Trinajstić information content (AvgIpc) is 3.02. The molecule has 1 aliphatic rings. The lowest BCUT2D eigenvalue weighted by molar-refractivity contribution is 0.102. The number of nitrogens with one attached hydrogen (secondary N) is 1. The maximum absolute atomic E-state index is 12.2. The Bertz CT molecular complexity index is 641. The minimum absolute atomic E-state index is 0.282. The van der Waals surface area contributed by atoms with Crippen molar-refractivity contribution in [2.24, 2.45) is 0 Å². The summed E-state index contributed by atoms with van der Waals surface area (Å²) in [6, 6.07) is 5.55. The summed E-state index contributed by atoms with van der Waals surface area (Å²) in [6.45, 7) is 1.99. The highest BCUT2D eigenvalue weighted by Crippen LogP contribution is 2.31. The zero-order valence-electron chi connectivity index (χ0n) is 11.4. The summed E-state index contributed by atoms with van der Waals surface area (Å²) in [4.78, 5) is 22.4. The second kappa shape index (κ2) is 6.10. The maximum atomic E-state index is 12.2. The number of amides is 1. The predicted molar refractivity (Wildman–Crippen MR) is 82.9 cm³/mol. The van der Waals surface area contributed by atoms with Gasteiger partial charge in [-0.15, -0.1) is 0 Å². The van der Waals surface area contributed by atoms with E-state index in [1.165, 1.54) is 31.4 Å². The summed E-state index contributed by atoms with van der Waals surface area (Å²) in [6.07, 6.45) is 6.80. The molecule has 0 spiro atoms. The lowest BCUT2D eigenvalue weighted by Crippen LogP contribution is -2.21. The van der Waals surface area contributed by atoms with Crippen molar-refractivity contribution in [3.8, 4) is 0 Å². The number of benzene rings is 1. The van der Waals surface area contributed by atoms with Crippen LogP contribution in [0.15, 0.2) is 36.8 Å². The molecule has 0 bridgehead atoms. The molecule has 0 unspecified atom stereocenters. The van der Waals surface area contributed by atoms with E-state index < -0.39 is 0 Å². The standard InChI is InChI=1S/C15H15ClN4O/c16-11-3-4-14(20-7-1-2-8-20)12(9-11)19-15(21)13-10-17-5-6-18-13/h3-6,9-10H,1-2,7-8H2,(H,19,21). The molecule has 0 radical (unpaired) electrons. The molecule has 1 aliphatic heterocycles. The Kier molecular flexibility index (Phi) is 4.01. The zero-order chi connectivity index (χ0) is 14.7. The van der Waals surface area contributed by atoms with Gasteiger partial charge in [0.25, 0.3) is 5.91 Å². The Labute approximate surface area is 128 Å². The second-order valence-corrected chi connectivity index (χ2v) is 5.34. The summed E-state index contributed by atoms with van der Waals surface area (Å²) >= 11 is 6.06. The van der Waals surface area contributed by atoms with Crippen LogP contribution in [0.2, 0.25) is 5.02 Å². The average molecular weight is 303 g/mol. The molecule has 2 heterocycles. The van der Waals surface area contributed by atoms with Gasteiger partial charge in [0.2, 0.25) is 0 Å². The molecule has 108 valence electrons. The first kappa shape index (κ1) is 13.8. The molecule has 1 N–H and O–H groups in total. The van der Waals surface area contributed by atoms with Crippen LogP contribution < -0.4 is 10.2 Å². The number of carbonyl (C=O) groups is 1. The molecule has 0 saturated carbocycles. The largest absolute Gasteiger partial charge is 0.370 e. The predicted octanol–water partition coefficient (Wildman–Crippen LogP) is 2.98. The molecule has 6 heteroatoms. The van der Waals surface area contributed by atoms with Gasteiger partial charge in [0.15, 0.2) is 0 Å². The minimum atomic E-state index is -0.286. The van der Waals surface area contributed by atoms with Crippen LogP contribution >= 0.6 is 11.6 Å². The van der Waals surface area contributed by atoms with Crippen molar-refractivity contribution in [1.29, 1.82) is 0 Å². The molecule has 0 aliphatic carbocycles. The highest BCUT2D eigenvalue weighted by molar-refractivity contribution is 6.31. The third-order valence-electron chi connectivity index (χ3n) is 3.45. The second-order valence-electron chi connectivity index (χ2n) is 4.90. The van der Waals surface area contributed by atoms with Crippen molar-refractivity contribution in [2.45, 2.75) is 12.8 Å². The van der Waals surface area contributed by atoms with Crippen LogP contribution in [-0.2, 0) is 0 Å². The third kappa shape index (κ3) is 3.13. The number of nitrogens with zero attached hydrogens (tertiary/aromatic N) is 3. The number of aromatic nitrogens is 2. The van der Waals surface area contributed by atoms with Crippen LogP contribution in [0.5, 0.6) is 0 Å². The van der Waals surface area contributed by atoms with Crippen molar-refractivity contribution in [2.75, 3.05) is 23.3 Å². The molecule has 2 aromatic rings. The molecular weight excluding hydrogens is 288 g/mol. The van der Waals surface area contributed by atoms with Crippen molar-refractivity contribution < 1.29 is 4.79 Å². The first-order valence-corrected chi connectivity index (χ1v) is 7.24. The van der Waals surface area contributed by atoms with Gasteiger partial charge >= 0.3 is 0 Å². The Balaban J connectivity index is 1.87. The van der Waals surface area contributed by atoms with Gasteiger partial charge in [-0.25, -0.2) is 4.98 Å². The van der Waals surface area contributed by atoms with Crippen LogP contribution in [0.4, 0.5) is 11.4 Å². The molecule has 1 saturated heterocycles. The first-order valence-electron chi connectivity index (χ1n) is 6.86. The molecule has 0 atom stereocenters. The lowest BCUT2D eigenvalue weighted by atomic mass is 10.2. The fraction of sp³-hybridized carbons (Fsp3) is 0.267. The molecule has 5 nitrogen and oxygen atoms in total. The smallest absolute Gasteiger partial charge is 0.275 e. The minimum Gasteiger partial charge on any atom is -0.370 e. The van der Waals surface area contributed by atoms with Crippen molar-refractivity contribution >= 4 is 28.9 Å². The molecule has 1 aromatic carbocycles. The summed E-state index contributed by atoms with van der Waals surface area (Å²) in [7, 11) is 0. The van der Waals surface area contributed by atoms with Crippen molar-refractivity contribution in [3.05, 3.63) is 47.5 Å². The summed E-state index contributed by atoms with van der Waals surface area (Å²) < 4.78 is 0. The van der Waals surface area contributed by atoms with Crippen LogP contribution in [0.3, 0.4) is 0 Å². The Morgan fingerprint density at radius 3 is 2.76 bits per heavy atom. The van der Waals surface area contributed by atoms with Gasteiger partial charge < -0.3 is 10.2 Å². The van der Waals surface area contributed by atoms with Crippen LogP contribution in [0, 0.1) is 0 Å². The van der Waals surface area contributed by atoms with Crippen molar-refractivity contribution in [3.63, 3.8) is 0 Å². The summed E-state index contributed by atoms with van der Waals surface area (Å²) in [5.74, 6) is -0.286. The van der Waals surface area contributed by atoms with Crippen molar-refractivity contribution in [1.82, 2.24) is 9.97 Å². The van der Waals surface area contributed by atoms with Gasteiger partial charge in [0.05, 0.1) is 17.6 Å². The monoisotopic (exact) mass is 302 g/mol. The number of halogens is 1. The van der Waals surface area contributed by atoms with Crippen LogP contribution in [-0.4, -0.2) is 29.0 Å². The fourth-order valence-corrected chi connectivity index (χ4v) is 2.62. The van der Waals surface area contributed by atoms with E-state index in [-0.39, 0.29) is 11.6 Å². The van der Waals surface area contributed by atoms with E-state index in [4.69, 9.17) is 11.6 Å². The van der Waals surface area contributed by atoms with E-state index in [1.54, 1.807) is 6.07 Å². The molecule has 1 fully saturated rings. The Hall–Kier alpha value is -2.14. The van der Waals surface area contributed by atoms with E-state index in [9.17, 15) is 4.79 Å². The molecule has 3 rings (SSSR count). The number of carbonyl (C=O) groups excluding carboxylic acids is 1.